The van der Waals surface area contributed by atoms with Crippen molar-refractivity contribution in [3.63, 3.8) is 0 Å². The second-order valence-electron chi connectivity index (χ2n) is 3.97. The van der Waals surface area contributed by atoms with Crippen LogP contribution < -0.4 is 5.73 Å². The Labute approximate surface area is 97.9 Å². The molecule has 0 saturated heterocycles. The topological polar surface area (TPSA) is 56.7 Å². The van der Waals surface area contributed by atoms with Crippen molar-refractivity contribution >= 4 is 17.4 Å². The molecule has 0 amide bonds. The Balaban J connectivity index is 2.08. The molecule has 0 radical (unpaired) electrons. The summed E-state index contributed by atoms with van der Waals surface area (Å²) in [7, 11) is 0. The summed E-state index contributed by atoms with van der Waals surface area (Å²) in [5.41, 5.74) is 7.57. The Morgan fingerprint density at radius 2 is 2.31 bits per heavy atom. The lowest BCUT2D eigenvalue weighted by Gasteiger charge is -2.04. The van der Waals surface area contributed by atoms with E-state index in [0.717, 1.165) is 28.8 Å². The minimum Gasteiger partial charge on any atom is -0.399 e. The summed E-state index contributed by atoms with van der Waals surface area (Å²) in [5.74, 6) is 0.916. The summed E-state index contributed by atoms with van der Waals surface area (Å²) in [6.45, 7) is 3.17. The number of thioether (sulfide) groups is 1. The van der Waals surface area contributed by atoms with Crippen molar-refractivity contribution in [2.75, 3.05) is 5.73 Å². The van der Waals surface area contributed by atoms with Gasteiger partial charge in [0.15, 0.2) is 11.0 Å². The Morgan fingerprint density at radius 3 is 3.12 bits per heavy atom. The molecule has 3 rings (SSSR count). The van der Waals surface area contributed by atoms with Crippen LogP contribution in [-0.4, -0.2) is 20.0 Å². The molecule has 1 aromatic carbocycles. The molecule has 0 fully saturated rings. The van der Waals surface area contributed by atoms with Gasteiger partial charge in [0.25, 0.3) is 0 Å². The number of anilines is 1. The van der Waals surface area contributed by atoms with E-state index < -0.39 is 0 Å². The van der Waals surface area contributed by atoms with E-state index in [2.05, 4.69) is 21.7 Å². The van der Waals surface area contributed by atoms with Gasteiger partial charge in [0.2, 0.25) is 0 Å². The van der Waals surface area contributed by atoms with Gasteiger partial charge in [-0.1, -0.05) is 30.8 Å². The van der Waals surface area contributed by atoms with E-state index in [0.29, 0.717) is 5.25 Å². The standard InChI is InChI=1S/C11H12N4S/c1-7-6-15-10(13-14-11(15)16-7)8-3-2-4-9(12)5-8/h2-5,7H,6,12H2,1H3/t7-/m1/s1. The molecule has 2 heterocycles. The van der Waals surface area contributed by atoms with Gasteiger partial charge in [0, 0.05) is 23.0 Å². The van der Waals surface area contributed by atoms with Gasteiger partial charge >= 0.3 is 0 Å². The van der Waals surface area contributed by atoms with Crippen LogP contribution in [0.5, 0.6) is 0 Å². The van der Waals surface area contributed by atoms with Gasteiger partial charge in [-0.2, -0.15) is 0 Å². The lowest BCUT2D eigenvalue weighted by molar-refractivity contribution is 0.675. The van der Waals surface area contributed by atoms with Gasteiger partial charge in [0.1, 0.15) is 0 Å². The molecule has 5 heteroatoms. The first-order valence-electron chi connectivity index (χ1n) is 5.20. The highest BCUT2D eigenvalue weighted by molar-refractivity contribution is 7.99. The Kier molecular flexibility index (Phi) is 2.14. The van der Waals surface area contributed by atoms with Gasteiger partial charge in [0.05, 0.1) is 0 Å². The average Bonchev–Trinajstić information content (AvgIpc) is 2.76. The first-order chi connectivity index (χ1) is 7.74. The Hall–Kier alpha value is -1.49. The minimum atomic E-state index is 0.574. The van der Waals surface area contributed by atoms with Crippen LogP contribution in [0.25, 0.3) is 11.4 Å². The van der Waals surface area contributed by atoms with Crippen molar-refractivity contribution in [2.45, 2.75) is 23.9 Å². The molecule has 0 bridgehead atoms. The second kappa shape index (κ2) is 3.52. The quantitative estimate of drug-likeness (QED) is 0.764. The van der Waals surface area contributed by atoms with Crippen LogP contribution in [0.1, 0.15) is 6.92 Å². The molecule has 0 saturated carbocycles. The van der Waals surface area contributed by atoms with Crippen molar-refractivity contribution in [3.05, 3.63) is 24.3 Å². The zero-order valence-electron chi connectivity index (χ0n) is 8.92. The van der Waals surface area contributed by atoms with Crippen LogP contribution in [0.3, 0.4) is 0 Å². The fourth-order valence-corrected chi connectivity index (χ4v) is 2.87. The van der Waals surface area contributed by atoms with Gasteiger partial charge in [-0.3, -0.25) is 0 Å². The first kappa shape index (κ1) is 9.72. The predicted octanol–water partition coefficient (Wildman–Crippen LogP) is 2.02. The minimum absolute atomic E-state index is 0.574. The molecule has 0 aliphatic carbocycles. The van der Waals surface area contributed by atoms with Gasteiger partial charge in [-0.05, 0) is 12.1 Å². The maximum Gasteiger partial charge on any atom is 0.191 e. The van der Waals surface area contributed by atoms with Crippen molar-refractivity contribution in [1.29, 1.82) is 0 Å². The molecule has 82 valence electrons. The number of hydrogen-bond acceptors (Lipinski definition) is 4. The van der Waals surface area contributed by atoms with Crippen molar-refractivity contribution in [2.24, 2.45) is 0 Å². The van der Waals surface area contributed by atoms with Crippen LogP contribution in [0.15, 0.2) is 29.4 Å². The third-order valence-electron chi connectivity index (χ3n) is 2.61. The van der Waals surface area contributed by atoms with Crippen LogP contribution in [0.2, 0.25) is 0 Å². The maximum atomic E-state index is 5.77. The van der Waals surface area contributed by atoms with E-state index in [1.54, 1.807) is 11.8 Å². The highest BCUT2D eigenvalue weighted by atomic mass is 32.2. The van der Waals surface area contributed by atoms with Crippen molar-refractivity contribution in [1.82, 2.24) is 14.8 Å². The number of nitrogen functional groups attached to an aromatic ring is 1. The third-order valence-corrected chi connectivity index (χ3v) is 3.67. The summed E-state index contributed by atoms with van der Waals surface area (Å²) in [4.78, 5) is 0. The molecule has 1 aliphatic rings. The van der Waals surface area contributed by atoms with Crippen LogP contribution in [0.4, 0.5) is 5.69 Å². The molecular formula is C11H12N4S. The smallest absolute Gasteiger partial charge is 0.191 e. The SMILES string of the molecule is C[C@@H]1Cn2c(nnc2-c2cccc(N)c2)S1. The fraction of sp³-hybridized carbons (Fsp3) is 0.273. The zero-order valence-corrected chi connectivity index (χ0v) is 9.74. The number of hydrogen-bond donors (Lipinski definition) is 1. The number of nitrogens with zero attached hydrogens (tertiary/aromatic N) is 3. The number of aromatic nitrogens is 3. The Bertz CT molecular complexity index is 535. The van der Waals surface area contributed by atoms with E-state index in [1.165, 1.54) is 0 Å². The summed E-state index contributed by atoms with van der Waals surface area (Å²) in [6.07, 6.45) is 0. The largest absolute Gasteiger partial charge is 0.399 e. The lowest BCUT2D eigenvalue weighted by atomic mass is 10.2. The van der Waals surface area contributed by atoms with E-state index in [1.807, 2.05) is 24.3 Å². The molecule has 1 aromatic heterocycles. The van der Waals surface area contributed by atoms with Gasteiger partial charge in [-0.15, -0.1) is 10.2 Å². The molecule has 0 spiro atoms. The summed E-state index contributed by atoms with van der Waals surface area (Å²) < 4.78 is 2.16. The summed E-state index contributed by atoms with van der Waals surface area (Å²) in [6, 6.07) is 7.77. The number of nitrogens with two attached hydrogens (primary N) is 1. The molecule has 2 aromatic rings. The predicted molar refractivity (Wildman–Crippen MR) is 65.2 cm³/mol. The molecular weight excluding hydrogens is 220 g/mol. The fourth-order valence-electron chi connectivity index (χ4n) is 1.91. The average molecular weight is 232 g/mol. The maximum absolute atomic E-state index is 5.77. The van der Waals surface area contributed by atoms with Crippen LogP contribution >= 0.6 is 11.8 Å². The summed E-state index contributed by atoms with van der Waals surface area (Å²) >= 11 is 1.77. The zero-order chi connectivity index (χ0) is 11.1. The van der Waals surface area contributed by atoms with Crippen molar-refractivity contribution < 1.29 is 0 Å². The highest BCUT2D eigenvalue weighted by Gasteiger charge is 2.24. The van der Waals surface area contributed by atoms with Gasteiger partial charge < -0.3 is 10.3 Å². The first-order valence-corrected chi connectivity index (χ1v) is 6.08. The van der Waals surface area contributed by atoms with E-state index in [4.69, 9.17) is 5.73 Å². The molecule has 2 N–H and O–H groups in total. The van der Waals surface area contributed by atoms with E-state index in [9.17, 15) is 0 Å². The second-order valence-corrected chi connectivity index (χ2v) is 5.38. The Morgan fingerprint density at radius 1 is 1.44 bits per heavy atom. The highest BCUT2D eigenvalue weighted by Crippen LogP contribution is 2.34. The number of benzene rings is 1. The monoisotopic (exact) mass is 232 g/mol. The van der Waals surface area contributed by atoms with Crippen LogP contribution in [-0.2, 0) is 6.54 Å². The van der Waals surface area contributed by atoms with Gasteiger partial charge in [-0.25, -0.2) is 0 Å². The molecule has 1 aliphatic heterocycles. The number of rotatable bonds is 1. The molecule has 1 atom stereocenters. The third kappa shape index (κ3) is 1.48. The van der Waals surface area contributed by atoms with E-state index >= 15 is 0 Å². The molecule has 16 heavy (non-hydrogen) atoms. The normalized spacial score (nSPS) is 18.7. The van der Waals surface area contributed by atoms with Crippen molar-refractivity contribution in [3.8, 4) is 11.4 Å². The van der Waals surface area contributed by atoms with Crippen LogP contribution in [0, 0.1) is 0 Å². The van der Waals surface area contributed by atoms with E-state index in [-0.39, 0.29) is 0 Å². The summed E-state index contributed by atoms with van der Waals surface area (Å²) in [5, 5.41) is 9.99. The molecule has 4 nitrogen and oxygen atoms in total. The molecule has 0 unspecified atom stereocenters. The number of fused-ring (bicyclic) bond motifs is 1. The lowest BCUT2D eigenvalue weighted by Crippen LogP contribution is -2.03.